The fourth-order valence-corrected chi connectivity index (χ4v) is 3.69. The quantitative estimate of drug-likeness (QED) is 0.709. The van der Waals surface area contributed by atoms with Crippen LogP contribution in [0, 0.1) is 5.92 Å². The summed E-state index contributed by atoms with van der Waals surface area (Å²) in [5, 5.41) is 2.94. The van der Waals surface area contributed by atoms with Gasteiger partial charge in [0.15, 0.2) is 0 Å². The highest BCUT2D eigenvalue weighted by Gasteiger charge is 2.26. The molecule has 8 heteroatoms. The molecule has 2 rings (SSSR count). The monoisotopic (exact) mass is 375 g/mol. The van der Waals surface area contributed by atoms with Crippen molar-refractivity contribution in [1.82, 2.24) is 5.32 Å². The summed E-state index contributed by atoms with van der Waals surface area (Å²) in [6.45, 7) is 1.84. The van der Waals surface area contributed by atoms with Crippen LogP contribution in [-0.2, 0) is 14.8 Å². The maximum absolute atomic E-state index is 12.2. The Kier molecular flexibility index (Phi) is 7.51. The van der Waals surface area contributed by atoms with E-state index >= 15 is 0 Å². The lowest BCUT2D eigenvalue weighted by atomic mass is 9.99. The highest BCUT2D eigenvalue weighted by molar-refractivity contribution is 7.92. The van der Waals surface area contributed by atoms with Crippen molar-refractivity contribution in [2.45, 2.75) is 44.7 Å². The van der Waals surface area contributed by atoms with Crippen molar-refractivity contribution in [3.8, 4) is 0 Å². The first-order chi connectivity index (χ1) is 10.8. The first-order valence-electron chi connectivity index (χ1n) is 7.88. The first kappa shape index (κ1) is 20.7. The van der Waals surface area contributed by atoms with Gasteiger partial charge in [-0.25, -0.2) is 8.42 Å². The SMILES string of the molecule is CC(NC(=O)C[C@@H]1CCC[C@H]1N)c1ccccc1NS(C)(=O)=O.Cl. The van der Waals surface area contributed by atoms with Crippen molar-refractivity contribution in [3.63, 3.8) is 0 Å². The molecule has 136 valence electrons. The number of hydrogen-bond acceptors (Lipinski definition) is 4. The van der Waals surface area contributed by atoms with Gasteiger partial charge in [0.1, 0.15) is 0 Å². The van der Waals surface area contributed by atoms with E-state index in [-0.39, 0.29) is 36.3 Å². The largest absolute Gasteiger partial charge is 0.349 e. The predicted octanol–water partition coefficient (Wildman–Crippen LogP) is 2.17. The smallest absolute Gasteiger partial charge is 0.229 e. The topological polar surface area (TPSA) is 101 Å². The fourth-order valence-electron chi connectivity index (χ4n) is 3.10. The Morgan fingerprint density at radius 2 is 2.00 bits per heavy atom. The van der Waals surface area contributed by atoms with Crippen molar-refractivity contribution in [2.75, 3.05) is 11.0 Å². The van der Waals surface area contributed by atoms with Crippen LogP contribution in [0.4, 0.5) is 5.69 Å². The van der Waals surface area contributed by atoms with Crippen LogP contribution in [0.5, 0.6) is 0 Å². The molecule has 0 aliphatic heterocycles. The summed E-state index contributed by atoms with van der Waals surface area (Å²) < 4.78 is 25.4. The van der Waals surface area contributed by atoms with Gasteiger partial charge >= 0.3 is 0 Å². The van der Waals surface area contributed by atoms with Gasteiger partial charge in [-0.2, -0.15) is 0 Å². The number of carbonyl (C=O) groups is 1. The molecule has 0 bridgehead atoms. The van der Waals surface area contributed by atoms with Gasteiger partial charge in [0.05, 0.1) is 18.0 Å². The van der Waals surface area contributed by atoms with E-state index in [4.69, 9.17) is 5.73 Å². The number of nitrogens with one attached hydrogen (secondary N) is 2. The van der Waals surface area contributed by atoms with Crippen LogP contribution in [0.1, 0.15) is 44.2 Å². The van der Waals surface area contributed by atoms with Gasteiger partial charge in [0.2, 0.25) is 15.9 Å². The van der Waals surface area contributed by atoms with Crippen molar-refractivity contribution in [2.24, 2.45) is 11.7 Å². The second-order valence-electron chi connectivity index (χ2n) is 6.31. The summed E-state index contributed by atoms with van der Waals surface area (Å²) in [4.78, 5) is 12.2. The third-order valence-corrected chi connectivity index (χ3v) is 4.86. The van der Waals surface area contributed by atoms with E-state index in [1.807, 2.05) is 13.0 Å². The van der Waals surface area contributed by atoms with Crippen LogP contribution in [0.3, 0.4) is 0 Å². The average molecular weight is 376 g/mol. The van der Waals surface area contributed by atoms with Crippen LogP contribution in [0.25, 0.3) is 0 Å². The fraction of sp³-hybridized carbons (Fsp3) is 0.562. The molecule has 1 saturated carbocycles. The zero-order chi connectivity index (χ0) is 17.0. The second kappa shape index (κ2) is 8.69. The average Bonchev–Trinajstić information content (AvgIpc) is 2.82. The van der Waals surface area contributed by atoms with Crippen LogP contribution >= 0.6 is 12.4 Å². The molecule has 1 unspecified atom stereocenters. The van der Waals surface area contributed by atoms with E-state index in [1.165, 1.54) is 0 Å². The summed E-state index contributed by atoms with van der Waals surface area (Å²) in [6, 6.07) is 6.88. The molecule has 0 heterocycles. The molecule has 1 fully saturated rings. The van der Waals surface area contributed by atoms with Gasteiger partial charge < -0.3 is 11.1 Å². The number of carbonyl (C=O) groups excluding carboxylic acids is 1. The Balaban J connectivity index is 0.00000288. The lowest BCUT2D eigenvalue weighted by molar-refractivity contribution is -0.122. The number of para-hydroxylation sites is 1. The minimum absolute atomic E-state index is 0. The number of amides is 1. The standard InChI is InChI=1S/C16H25N3O3S.ClH/c1-11(18-16(20)10-12-6-5-8-14(12)17)13-7-3-4-9-15(13)19-23(2,21)22;/h3-4,7,9,11-12,14,19H,5-6,8,10,17H2,1-2H3,(H,18,20);1H/t11?,12-,14+;/m0./s1. The Hall–Kier alpha value is -1.31. The molecular weight excluding hydrogens is 350 g/mol. The number of rotatable bonds is 6. The lowest BCUT2D eigenvalue weighted by Gasteiger charge is -2.20. The highest BCUT2D eigenvalue weighted by atomic mass is 35.5. The molecule has 1 aromatic rings. The minimum Gasteiger partial charge on any atom is -0.349 e. The molecule has 1 aliphatic rings. The van der Waals surface area contributed by atoms with Crippen molar-refractivity contribution < 1.29 is 13.2 Å². The number of hydrogen-bond donors (Lipinski definition) is 3. The molecule has 6 nitrogen and oxygen atoms in total. The number of benzene rings is 1. The van der Waals surface area contributed by atoms with Crippen LogP contribution in [0.15, 0.2) is 24.3 Å². The Bertz CT molecular complexity index is 666. The van der Waals surface area contributed by atoms with Crippen LogP contribution in [0.2, 0.25) is 0 Å². The molecule has 3 atom stereocenters. The summed E-state index contributed by atoms with van der Waals surface area (Å²) in [6.07, 6.45) is 4.58. The Labute approximate surface area is 150 Å². The molecule has 1 aliphatic carbocycles. The van der Waals surface area contributed by atoms with Gasteiger partial charge in [-0.3, -0.25) is 9.52 Å². The van der Waals surface area contributed by atoms with E-state index in [2.05, 4.69) is 10.0 Å². The van der Waals surface area contributed by atoms with Crippen LogP contribution < -0.4 is 15.8 Å². The van der Waals surface area contributed by atoms with Crippen molar-refractivity contribution >= 4 is 34.0 Å². The zero-order valence-corrected chi connectivity index (χ0v) is 15.6. The Morgan fingerprint density at radius 3 is 2.58 bits per heavy atom. The molecule has 0 aromatic heterocycles. The van der Waals surface area contributed by atoms with E-state index in [1.54, 1.807) is 18.2 Å². The Morgan fingerprint density at radius 1 is 1.33 bits per heavy atom. The van der Waals surface area contributed by atoms with Crippen molar-refractivity contribution in [1.29, 1.82) is 0 Å². The third-order valence-electron chi connectivity index (χ3n) is 4.27. The van der Waals surface area contributed by atoms with E-state index < -0.39 is 10.0 Å². The number of halogens is 1. The van der Waals surface area contributed by atoms with E-state index in [0.717, 1.165) is 31.1 Å². The molecule has 24 heavy (non-hydrogen) atoms. The van der Waals surface area contributed by atoms with Gasteiger partial charge in [-0.15, -0.1) is 12.4 Å². The van der Waals surface area contributed by atoms with E-state index in [0.29, 0.717) is 12.1 Å². The molecule has 1 amide bonds. The van der Waals surface area contributed by atoms with Gasteiger partial charge in [-0.1, -0.05) is 24.6 Å². The summed E-state index contributed by atoms with van der Waals surface area (Å²) in [5.74, 6) is 0.195. The van der Waals surface area contributed by atoms with Gasteiger partial charge in [0.25, 0.3) is 0 Å². The van der Waals surface area contributed by atoms with Gasteiger partial charge in [-0.05, 0) is 37.3 Å². The number of nitrogens with two attached hydrogens (primary N) is 1. The summed E-state index contributed by atoms with van der Waals surface area (Å²) >= 11 is 0. The molecule has 0 radical (unpaired) electrons. The zero-order valence-electron chi connectivity index (χ0n) is 14.0. The molecule has 4 N–H and O–H groups in total. The predicted molar refractivity (Wildman–Crippen MR) is 98.6 cm³/mol. The summed E-state index contributed by atoms with van der Waals surface area (Å²) in [5.41, 5.74) is 7.23. The third kappa shape index (κ3) is 5.96. The lowest BCUT2D eigenvalue weighted by Crippen LogP contribution is -2.33. The number of sulfonamides is 1. The molecule has 1 aromatic carbocycles. The van der Waals surface area contributed by atoms with Crippen molar-refractivity contribution in [3.05, 3.63) is 29.8 Å². The molecular formula is C16H26ClN3O3S. The van der Waals surface area contributed by atoms with Gasteiger partial charge in [0, 0.05) is 12.5 Å². The second-order valence-corrected chi connectivity index (χ2v) is 8.06. The summed E-state index contributed by atoms with van der Waals surface area (Å²) in [7, 11) is -3.37. The maximum Gasteiger partial charge on any atom is 0.229 e. The normalized spacial score (nSPS) is 21.6. The first-order valence-corrected chi connectivity index (χ1v) is 9.77. The van der Waals surface area contributed by atoms with E-state index in [9.17, 15) is 13.2 Å². The highest BCUT2D eigenvalue weighted by Crippen LogP contribution is 2.28. The molecule has 0 saturated heterocycles. The van der Waals surface area contributed by atoms with Crippen LogP contribution in [-0.4, -0.2) is 26.6 Å². The maximum atomic E-state index is 12.2. The minimum atomic E-state index is -3.37. The number of anilines is 1. The molecule has 0 spiro atoms.